The monoisotopic (exact) mass is 688 g/mol. The number of hydrogen-bond acceptors (Lipinski definition) is 7. The van der Waals surface area contributed by atoms with Crippen molar-refractivity contribution in [3.05, 3.63) is 86.8 Å². The Morgan fingerprint density at radius 2 is 1.81 bits per heavy atom. The highest BCUT2D eigenvalue weighted by Gasteiger charge is 2.68. The predicted molar refractivity (Wildman–Crippen MR) is 161 cm³/mol. The second-order valence-corrected chi connectivity index (χ2v) is 13.8. The summed E-state index contributed by atoms with van der Waals surface area (Å²) < 4.78 is 58.0. The van der Waals surface area contributed by atoms with E-state index in [0.717, 1.165) is 40.1 Å². The standard InChI is InChI=1S/C33H25ClF4N2O6S/c1-32-22(29(43)40(31(32)45)15-4-8-24(35)23(34)11-15)13-20-18(27(32)21-12-16(5-9-25(21)41)46-33(36,37)38)6-7-19-26(20)30(44)39(28(19)42)14-17-3-2-10-47-17/h2-6,8-12,19-20,22,26-27,41H,7,13-14H2,1H3/t19-,20+,22-,26-,27+,32+/m0/s1. The summed E-state index contributed by atoms with van der Waals surface area (Å²) in [6.45, 7) is 1.57. The van der Waals surface area contributed by atoms with Gasteiger partial charge in [0.2, 0.25) is 23.6 Å². The van der Waals surface area contributed by atoms with Crippen LogP contribution in [0.4, 0.5) is 23.2 Å². The van der Waals surface area contributed by atoms with Crippen molar-refractivity contribution in [1.29, 1.82) is 0 Å². The predicted octanol–water partition coefficient (Wildman–Crippen LogP) is 6.58. The number of allylic oxidation sites excluding steroid dienone is 2. The molecule has 4 aliphatic rings. The van der Waals surface area contributed by atoms with Crippen LogP contribution in [0, 0.1) is 34.9 Å². The number of carbonyl (C=O) groups excluding carboxylic acids is 4. The van der Waals surface area contributed by atoms with Gasteiger partial charge in [-0.2, -0.15) is 0 Å². The molecule has 2 aliphatic carbocycles. The van der Waals surface area contributed by atoms with Crippen molar-refractivity contribution < 1.29 is 46.6 Å². The molecule has 3 heterocycles. The van der Waals surface area contributed by atoms with Crippen LogP contribution < -0.4 is 9.64 Å². The molecule has 0 bridgehead atoms. The molecule has 6 atom stereocenters. The van der Waals surface area contributed by atoms with E-state index in [0.29, 0.717) is 5.57 Å². The number of phenols is 1. The van der Waals surface area contributed by atoms with E-state index in [1.807, 2.05) is 5.38 Å². The summed E-state index contributed by atoms with van der Waals surface area (Å²) in [6, 6.07) is 9.86. The second-order valence-electron chi connectivity index (χ2n) is 12.4. The first kappa shape index (κ1) is 31.4. The van der Waals surface area contributed by atoms with E-state index < -0.39 is 76.4 Å². The number of thiophene rings is 1. The van der Waals surface area contributed by atoms with Gasteiger partial charge in [0.05, 0.1) is 40.4 Å². The number of imide groups is 2. The van der Waals surface area contributed by atoms with Gasteiger partial charge in [-0.25, -0.2) is 9.29 Å². The van der Waals surface area contributed by atoms with Gasteiger partial charge in [-0.05, 0) is 73.5 Å². The summed E-state index contributed by atoms with van der Waals surface area (Å²) in [5.41, 5.74) is -1.34. The second kappa shape index (κ2) is 10.9. The van der Waals surface area contributed by atoms with Crippen molar-refractivity contribution in [2.75, 3.05) is 4.90 Å². The molecule has 2 aromatic carbocycles. The Bertz CT molecular complexity index is 1880. The maximum Gasteiger partial charge on any atom is 0.573 e. The third kappa shape index (κ3) is 4.85. The third-order valence-electron chi connectivity index (χ3n) is 9.96. The van der Waals surface area contributed by atoms with Crippen molar-refractivity contribution >= 4 is 52.3 Å². The smallest absolute Gasteiger partial charge is 0.508 e. The van der Waals surface area contributed by atoms with Gasteiger partial charge in [-0.15, -0.1) is 24.5 Å². The number of amides is 4. The highest BCUT2D eigenvalue weighted by molar-refractivity contribution is 7.09. The van der Waals surface area contributed by atoms with E-state index in [9.17, 15) is 41.8 Å². The first-order valence-corrected chi connectivity index (χ1v) is 16.0. The molecule has 0 spiro atoms. The minimum absolute atomic E-state index is 0.0109. The van der Waals surface area contributed by atoms with Gasteiger partial charge >= 0.3 is 6.36 Å². The first-order valence-electron chi connectivity index (χ1n) is 14.7. The fourth-order valence-corrected chi connectivity index (χ4v) is 8.84. The molecule has 2 aliphatic heterocycles. The maximum atomic E-state index is 14.4. The van der Waals surface area contributed by atoms with E-state index in [1.54, 1.807) is 18.2 Å². The highest BCUT2D eigenvalue weighted by atomic mass is 35.5. The molecule has 1 N–H and O–H groups in total. The van der Waals surface area contributed by atoms with Gasteiger partial charge in [0.1, 0.15) is 17.3 Å². The number of ether oxygens (including phenoxy) is 1. The molecule has 3 fully saturated rings. The van der Waals surface area contributed by atoms with Gasteiger partial charge < -0.3 is 9.84 Å². The number of nitrogens with zero attached hydrogens (tertiary/aromatic N) is 2. The number of carbonyl (C=O) groups is 4. The molecule has 47 heavy (non-hydrogen) atoms. The highest BCUT2D eigenvalue weighted by Crippen LogP contribution is 2.64. The Morgan fingerprint density at radius 3 is 2.49 bits per heavy atom. The Labute approximate surface area is 274 Å². The number of alkyl halides is 3. The lowest BCUT2D eigenvalue weighted by Crippen LogP contribution is -2.48. The number of aromatic hydroxyl groups is 1. The number of benzene rings is 2. The molecular formula is C33H25ClF4N2O6S. The Kier molecular flexibility index (Phi) is 7.28. The fraction of sp³-hybridized carbons (Fsp3) is 0.333. The van der Waals surface area contributed by atoms with E-state index in [-0.39, 0.29) is 41.6 Å². The van der Waals surface area contributed by atoms with E-state index >= 15 is 0 Å². The molecule has 244 valence electrons. The van der Waals surface area contributed by atoms with Crippen molar-refractivity contribution in [3.63, 3.8) is 0 Å². The molecule has 4 amide bonds. The summed E-state index contributed by atoms with van der Waals surface area (Å²) in [7, 11) is 0. The summed E-state index contributed by atoms with van der Waals surface area (Å²) >= 11 is 7.39. The number of anilines is 1. The van der Waals surface area contributed by atoms with Crippen molar-refractivity contribution in [2.24, 2.45) is 29.1 Å². The number of hydrogen-bond donors (Lipinski definition) is 1. The number of phenolic OH excluding ortho intramolecular Hbond substituents is 1. The van der Waals surface area contributed by atoms with E-state index in [2.05, 4.69) is 4.74 Å². The van der Waals surface area contributed by atoms with E-state index in [4.69, 9.17) is 11.6 Å². The van der Waals surface area contributed by atoms with Crippen molar-refractivity contribution in [3.8, 4) is 11.5 Å². The Balaban J connectivity index is 1.37. The minimum Gasteiger partial charge on any atom is -0.508 e. The molecule has 2 saturated heterocycles. The fourth-order valence-electron chi connectivity index (χ4n) is 7.97. The topological polar surface area (TPSA) is 104 Å². The third-order valence-corrected chi connectivity index (χ3v) is 11.1. The molecule has 1 saturated carbocycles. The van der Waals surface area contributed by atoms with Crippen LogP contribution in [0.25, 0.3) is 0 Å². The average molecular weight is 689 g/mol. The molecule has 0 radical (unpaired) electrons. The van der Waals surface area contributed by atoms with Gasteiger partial charge in [0.15, 0.2) is 0 Å². The zero-order valence-corrected chi connectivity index (χ0v) is 26.0. The summed E-state index contributed by atoms with van der Waals surface area (Å²) in [5, 5.41) is 12.6. The van der Waals surface area contributed by atoms with Crippen LogP contribution in [0.15, 0.2) is 65.6 Å². The quantitative estimate of drug-likeness (QED) is 0.185. The minimum atomic E-state index is -5.06. The summed E-state index contributed by atoms with van der Waals surface area (Å²) in [4.78, 5) is 59.1. The molecule has 7 rings (SSSR count). The maximum absolute atomic E-state index is 14.4. The summed E-state index contributed by atoms with van der Waals surface area (Å²) in [6.07, 6.45) is -3.27. The normalized spacial score (nSPS) is 28.7. The van der Waals surface area contributed by atoms with Crippen molar-refractivity contribution in [1.82, 2.24) is 4.90 Å². The van der Waals surface area contributed by atoms with Crippen LogP contribution in [0.3, 0.4) is 0 Å². The Morgan fingerprint density at radius 1 is 1.04 bits per heavy atom. The lowest BCUT2D eigenvalue weighted by Gasteiger charge is -2.49. The zero-order chi connectivity index (χ0) is 33.6. The van der Waals surface area contributed by atoms with Crippen LogP contribution in [0.5, 0.6) is 11.5 Å². The summed E-state index contributed by atoms with van der Waals surface area (Å²) in [5.74, 6) is -8.85. The van der Waals surface area contributed by atoms with Crippen LogP contribution in [0.2, 0.25) is 5.02 Å². The lowest BCUT2D eigenvalue weighted by atomic mass is 9.51. The van der Waals surface area contributed by atoms with Gasteiger partial charge in [0, 0.05) is 16.4 Å². The van der Waals surface area contributed by atoms with E-state index in [1.165, 1.54) is 29.2 Å². The number of likely N-dealkylation sites (tertiary alicyclic amines) is 1. The number of fused-ring (bicyclic) bond motifs is 4. The molecule has 8 nitrogen and oxygen atoms in total. The van der Waals surface area contributed by atoms with Crippen LogP contribution in [-0.4, -0.2) is 40.0 Å². The largest absolute Gasteiger partial charge is 0.573 e. The van der Waals surface area contributed by atoms with Gasteiger partial charge in [-0.1, -0.05) is 29.3 Å². The molecule has 0 unspecified atom stereocenters. The molecule has 1 aromatic heterocycles. The average Bonchev–Trinajstić information content (AvgIpc) is 3.66. The van der Waals surface area contributed by atoms with Crippen LogP contribution in [0.1, 0.15) is 36.1 Å². The SMILES string of the molecule is C[C@@]12C(=O)N(c3ccc(F)c(Cl)c3)C(=O)[C@@H]1C[C@@H]1C(=CC[C@@H]3C(=O)N(Cc4cccs4)C(=O)[C@@H]31)[C@@H]2c1cc(OC(F)(F)F)ccc1O. The Hall–Kier alpha value is -4.23. The van der Waals surface area contributed by atoms with Gasteiger partial charge in [0.25, 0.3) is 0 Å². The van der Waals surface area contributed by atoms with Gasteiger partial charge in [-0.3, -0.25) is 24.1 Å². The number of halogens is 5. The molecule has 3 aromatic rings. The van der Waals surface area contributed by atoms with Crippen LogP contribution in [-0.2, 0) is 25.7 Å². The lowest BCUT2D eigenvalue weighted by molar-refractivity contribution is -0.274. The molecular weight excluding hydrogens is 664 g/mol. The zero-order valence-electron chi connectivity index (χ0n) is 24.5. The number of rotatable bonds is 5. The molecule has 14 heteroatoms. The van der Waals surface area contributed by atoms with Crippen LogP contribution >= 0.6 is 22.9 Å². The van der Waals surface area contributed by atoms with Crippen molar-refractivity contribution in [2.45, 2.75) is 38.6 Å². The first-order chi connectivity index (χ1) is 22.2.